The van der Waals surface area contributed by atoms with Crippen LogP contribution in [0.5, 0.6) is 0 Å². The summed E-state index contributed by atoms with van der Waals surface area (Å²) < 4.78 is 5.37. The van der Waals surface area contributed by atoms with E-state index in [4.69, 9.17) is 4.42 Å². The molecule has 1 aromatic carbocycles. The van der Waals surface area contributed by atoms with Crippen LogP contribution < -0.4 is 10.6 Å². The highest BCUT2D eigenvalue weighted by atomic mass is 127. The molecule has 0 bridgehead atoms. The van der Waals surface area contributed by atoms with Crippen LogP contribution in [0.25, 0.3) is 0 Å². The van der Waals surface area contributed by atoms with E-state index < -0.39 is 6.10 Å². The first kappa shape index (κ1) is 24.2. The molecule has 0 amide bonds. The van der Waals surface area contributed by atoms with Gasteiger partial charge in [-0.25, -0.2) is 0 Å². The predicted molar refractivity (Wildman–Crippen MR) is 132 cm³/mol. The molecule has 6 nitrogen and oxygen atoms in total. The third-order valence-electron chi connectivity index (χ3n) is 4.16. The van der Waals surface area contributed by atoms with Crippen molar-refractivity contribution in [1.29, 1.82) is 0 Å². The Morgan fingerprint density at radius 1 is 1.03 bits per heavy atom. The van der Waals surface area contributed by atoms with Crippen molar-refractivity contribution in [3.05, 3.63) is 84.6 Å². The van der Waals surface area contributed by atoms with Crippen LogP contribution in [0, 0.1) is 0 Å². The van der Waals surface area contributed by atoms with Crippen molar-refractivity contribution in [2.24, 2.45) is 4.99 Å². The number of halogens is 1. The number of nitrogens with zero attached hydrogens (tertiary/aromatic N) is 2. The van der Waals surface area contributed by atoms with Crippen molar-refractivity contribution >= 4 is 41.7 Å². The van der Waals surface area contributed by atoms with Crippen LogP contribution >= 0.6 is 35.7 Å². The number of furan rings is 1. The number of guanidine groups is 1. The zero-order valence-corrected chi connectivity index (χ0v) is 19.8. The van der Waals surface area contributed by atoms with Crippen molar-refractivity contribution in [2.75, 3.05) is 25.4 Å². The first-order chi connectivity index (χ1) is 14.3. The second-order valence-corrected chi connectivity index (χ2v) is 7.50. The largest absolute Gasteiger partial charge is 0.469 e. The molecule has 0 fully saturated rings. The average Bonchev–Trinajstić information content (AvgIpc) is 3.29. The number of aliphatic hydroxyl groups is 1. The summed E-state index contributed by atoms with van der Waals surface area (Å²) in [4.78, 5) is 9.77. The Morgan fingerprint density at radius 2 is 1.80 bits per heavy atom. The van der Waals surface area contributed by atoms with Gasteiger partial charge >= 0.3 is 0 Å². The molecule has 8 heteroatoms. The normalized spacial score (nSPS) is 12.1. The van der Waals surface area contributed by atoms with Gasteiger partial charge in [-0.2, -0.15) is 0 Å². The van der Waals surface area contributed by atoms with E-state index in [0.717, 1.165) is 30.0 Å². The standard InChI is InChI=1S/C22H26N4O2S.HI/c27-21(18-8-11-23-12-9-18)17-26-22(24-13-10-19-5-4-15-28-19)25-14-16-29-20-6-2-1-3-7-20;/h1-9,11-12,15,21,27H,10,13-14,16-17H2,(H2,24,25,26);1H. The molecular weight excluding hydrogens is 511 g/mol. The summed E-state index contributed by atoms with van der Waals surface area (Å²) in [6.07, 6.45) is 5.11. The number of aliphatic hydroxyl groups excluding tert-OH is 1. The summed E-state index contributed by atoms with van der Waals surface area (Å²) in [5, 5.41) is 17.0. The minimum atomic E-state index is -0.666. The molecule has 0 aliphatic rings. The Bertz CT molecular complexity index is 848. The number of pyridine rings is 1. The van der Waals surface area contributed by atoms with Crippen LogP contribution in [-0.4, -0.2) is 41.4 Å². The second kappa shape index (κ2) is 14.1. The van der Waals surface area contributed by atoms with Gasteiger partial charge in [0.25, 0.3) is 0 Å². The van der Waals surface area contributed by atoms with Gasteiger partial charge in [-0.15, -0.1) is 35.7 Å². The van der Waals surface area contributed by atoms with Crippen molar-refractivity contribution in [1.82, 2.24) is 15.6 Å². The SMILES string of the molecule is I.OC(CN=C(NCCSc1ccccc1)NCCc1ccco1)c1ccncc1. The van der Waals surface area contributed by atoms with E-state index >= 15 is 0 Å². The van der Waals surface area contributed by atoms with E-state index in [9.17, 15) is 5.11 Å². The van der Waals surface area contributed by atoms with E-state index in [1.165, 1.54) is 4.90 Å². The van der Waals surface area contributed by atoms with Gasteiger partial charge in [-0.05, 0) is 42.0 Å². The molecular formula is C22H27IN4O2S. The molecule has 0 spiro atoms. The lowest BCUT2D eigenvalue weighted by molar-refractivity contribution is 0.187. The van der Waals surface area contributed by atoms with Crippen molar-refractivity contribution < 1.29 is 9.52 Å². The third kappa shape index (κ3) is 8.76. The molecule has 2 heterocycles. The molecule has 1 atom stereocenters. The molecule has 1 unspecified atom stereocenters. The van der Waals surface area contributed by atoms with E-state index in [0.29, 0.717) is 12.5 Å². The highest BCUT2D eigenvalue weighted by molar-refractivity contribution is 14.0. The number of hydrogen-bond donors (Lipinski definition) is 3. The first-order valence-electron chi connectivity index (χ1n) is 9.61. The summed E-state index contributed by atoms with van der Waals surface area (Å²) in [7, 11) is 0. The summed E-state index contributed by atoms with van der Waals surface area (Å²) in [5.41, 5.74) is 0.804. The van der Waals surface area contributed by atoms with Crippen LogP contribution in [-0.2, 0) is 6.42 Å². The number of aliphatic imine (C=N–C) groups is 1. The molecule has 0 radical (unpaired) electrons. The van der Waals surface area contributed by atoms with Gasteiger partial charge < -0.3 is 20.2 Å². The van der Waals surface area contributed by atoms with Gasteiger partial charge in [0, 0.05) is 42.6 Å². The minimum absolute atomic E-state index is 0. The molecule has 0 saturated carbocycles. The second-order valence-electron chi connectivity index (χ2n) is 6.33. The fourth-order valence-electron chi connectivity index (χ4n) is 2.66. The molecule has 0 saturated heterocycles. The molecule has 3 aromatic rings. The minimum Gasteiger partial charge on any atom is -0.469 e. The van der Waals surface area contributed by atoms with Gasteiger partial charge in [0.15, 0.2) is 5.96 Å². The quantitative estimate of drug-likeness (QED) is 0.120. The number of benzene rings is 1. The summed E-state index contributed by atoms with van der Waals surface area (Å²) in [6.45, 7) is 1.72. The van der Waals surface area contributed by atoms with Crippen LogP contribution in [0.15, 0.2) is 87.6 Å². The maximum atomic E-state index is 10.4. The molecule has 3 rings (SSSR count). The third-order valence-corrected chi connectivity index (χ3v) is 5.18. The number of hydrogen-bond acceptors (Lipinski definition) is 5. The smallest absolute Gasteiger partial charge is 0.191 e. The van der Waals surface area contributed by atoms with E-state index in [2.05, 4.69) is 32.7 Å². The zero-order valence-electron chi connectivity index (χ0n) is 16.6. The van der Waals surface area contributed by atoms with Crippen molar-refractivity contribution in [2.45, 2.75) is 17.4 Å². The predicted octanol–water partition coefficient (Wildman–Crippen LogP) is 3.90. The van der Waals surface area contributed by atoms with Gasteiger partial charge in [0.2, 0.25) is 0 Å². The summed E-state index contributed by atoms with van der Waals surface area (Å²) >= 11 is 1.79. The maximum Gasteiger partial charge on any atom is 0.191 e. The topological polar surface area (TPSA) is 82.7 Å². The van der Waals surface area contributed by atoms with Gasteiger partial charge in [-0.3, -0.25) is 9.98 Å². The Hall–Kier alpha value is -2.04. The monoisotopic (exact) mass is 538 g/mol. The lowest BCUT2D eigenvalue weighted by Crippen LogP contribution is -2.39. The fraction of sp³-hybridized carbons (Fsp3) is 0.273. The van der Waals surface area contributed by atoms with Crippen LogP contribution in [0.1, 0.15) is 17.4 Å². The molecule has 30 heavy (non-hydrogen) atoms. The Morgan fingerprint density at radius 3 is 2.53 bits per heavy atom. The van der Waals surface area contributed by atoms with Crippen LogP contribution in [0.2, 0.25) is 0 Å². The molecule has 0 aliphatic heterocycles. The Labute approximate surface area is 198 Å². The van der Waals surface area contributed by atoms with Crippen molar-refractivity contribution in [3.63, 3.8) is 0 Å². The summed E-state index contributed by atoms with van der Waals surface area (Å²) in [5.74, 6) is 2.52. The molecule has 0 aliphatic carbocycles. The highest BCUT2D eigenvalue weighted by Crippen LogP contribution is 2.15. The zero-order chi connectivity index (χ0) is 20.2. The van der Waals surface area contributed by atoms with Gasteiger partial charge in [-0.1, -0.05) is 18.2 Å². The number of nitrogens with one attached hydrogen (secondary N) is 2. The fourth-order valence-corrected chi connectivity index (χ4v) is 3.45. The highest BCUT2D eigenvalue weighted by Gasteiger charge is 2.07. The molecule has 160 valence electrons. The average molecular weight is 538 g/mol. The van der Waals surface area contributed by atoms with Crippen LogP contribution in [0.4, 0.5) is 0 Å². The summed E-state index contributed by atoms with van der Waals surface area (Å²) in [6, 6.07) is 17.7. The van der Waals surface area contributed by atoms with E-state index in [1.807, 2.05) is 30.3 Å². The lowest BCUT2D eigenvalue weighted by Gasteiger charge is -2.14. The first-order valence-corrected chi connectivity index (χ1v) is 10.6. The maximum absolute atomic E-state index is 10.4. The molecule has 3 N–H and O–H groups in total. The van der Waals surface area contributed by atoms with Crippen LogP contribution in [0.3, 0.4) is 0 Å². The van der Waals surface area contributed by atoms with Gasteiger partial charge in [0.05, 0.1) is 18.9 Å². The number of rotatable bonds is 10. The Kier molecular flexibility index (Phi) is 11.3. The van der Waals surface area contributed by atoms with E-state index in [-0.39, 0.29) is 30.5 Å². The van der Waals surface area contributed by atoms with Gasteiger partial charge in [0.1, 0.15) is 5.76 Å². The van der Waals surface area contributed by atoms with E-state index in [1.54, 1.807) is 42.6 Å². The van der Waals surface area contributed by atoms with Crippen molar-refractivity contribution in [3.8, 4) is 0 Å². The molecule has 2 aromatic heterocycles. The number of aromatic nitrogens is 1. The lowest BCUT2D eigenvalue weighted by atomic mass is 10.1. The Balaban J connectivity index is 0.00000320. The number of thioether (sulfide) groups is 1.